The highest BCUT2D eigenvalue weighted by atomic mass is 35.5. The molecule has 0 saturated carbocycles. The maximum Gasteiger partial charge on any atom is 0.365 e. The fourth-order valence-corrected chi connectivity index (χ4v) is 6.19. The third-order valence-corrected chi connectivity index (χ3v) is 8.54. The van der Waals surface area contributed by atoms with Crippen LogP contribution in [-0.4, -0.2) is 16.8 Å². The van der Waals surface area contributed by atoms with Gasteiger partial charge in [0.2, 0.25) is 0 Å². The van der Waals surface area contributed by atoms with E-state index in [9.17, 15) is 9.18 Å². The standard InChI is InChI=1S/C35H26ClFN2O2S/c1-23-7-18-30(19-8-23)42-34-26(22-38-41-35(40)25-9-14-28(37)15-10-25)11-20-32-31(34)21-33(24-5-3-2-4-6-24)39(32)29-16-12-27(36)13-17-29/h2-10,12-19,21-22H,11,20H2,1H3/b38-22+. The molecule has 0 aliphatic heterocycles. The molecule has 42 heavy (non-hydrogen) atoms. The largest absolute Gasteiger partial charge is 0.365 e. The molecule has 0 fully saturated rings. The van der Waals surface area contributed by atoms with Crippen molar-refractivity contribution in [2.75, 3.05) is 0 Å². The van der Waals surface area contributed by atoms with Crippen molar-refractivity contribution in [3.05, 3.63) is 148 Å². The van der Waals surface area contributed by atoms with Crippen molar-refractivity contribution in [2.24, 2.45) is 5.16 Å². The van der Waals surface area contributed by atoms with Gasteiger partial charge in [-0.1, -0.05) is 76.5 Å². The molecule has 5 aromatic rings. The van der Waals surface area contributed by atoms with Crippen LogP contribution >= 0.6 is 23.4 Å². The van der Waals surface area contributed by atoms with E-state index in [1.54, 1.807) is 18.0 Å². The monoisotopic (exact) mass is 592 g/mol. The number of allylic oxidation sites excluding steroid dienone is 1. The van der Waals surface area contributed by atoms with Crippen molar-refractivity contribution in [1.29, 1.82) is 0 Å². The quantitative estimate of drug-likeness (QED) is 0.107. The van der Waals surface area contributed by atoms with Gasteiger partial charge >= 0.3 is 5.97 Å². The lowest BCUT2D eigenvalue weighted by Crippen LogP contribution is -2.09. The number of nitrogens with zero attached hydrogens (tertiary/aromatic N) is 2. The van der Waals surface area contributed by atoms with Crippen LogP contribution in [0.25, 0.3) is 21.8 Å². The van der Waals surface area contributed by atoms with Gasteiger partial charge in [-0.05, 0) is 97.6 Å². The lowest BCUT2D eigenvalue weighted by Gasteiger charge is -2.21. The van der Waals surface area contributed by atoms with Crippen molar-refractivity contribution in [2.45, 2.75) is 24.7 Å². The number of hydrogen-bond acceptors (Lipinski definition) is 4. The minimum Gasteiger partial charge on any atom is -0.313 e. The van der Waals surface area contributed by atoms with Crippen LogP contribution in [-0.2, 0) is 11.3 Å². The SMILES string of the molecule is Cc1ccc(SC2=C(/C=N/OC(=O)c3ccc(F)cc3)CCc3c2cc(-c2ccccc2)n3-c2ccc(Cl)cc2)cc1. The maximum absolute atomic E-state index is 13.3. The van der Waals surface area contributed by atoms with Gasteiger partial charge in [0.1, 0.15) is 5.82 Å². The Balaban J connectivity index is 1.44. The number of hydrogen-bond donors (Lipinski definition) is 0. The van der Waals surface area contributed by atoms with Crippen LogP contribution in [0, 0.1) is 12.7 Å². The molecule has 0 spiro atoms. The van der Waals surface area contributed by atoms with Gasteiger partial charge in [0.05, 0.1) is 17.5 Å². The molecule has 7 heteroatoms. The molecule has 1 aliphatic carbocycles. The summed E-state index contributed by atoms with van der Waals surface area (Å²) in [6, 6.07) is 34.1. The Bertz CT molecular complexity index is 1790. The van der Waals surface area contributed by atoms with Crippen LogP contribution in [0.15, 0.2) is 125 Å². The normalized spacial score (nSPS) is 12.9. The molecular formula is C35H26ClFN2O2S. The first-order valence-corrected chi connectivity index (χ1v) is 14.7. The van der Waals surface area contributed by atoms with E-state index in [4.69, 9.17) is 16.4 Å². The van der Waals surface area contributed by atoms with E-state index >= 15 is 0 Å². The molecule has 1 aromatic heterocycles. The first-order valence-electron chi connectivity index (χ1n) is 13.5. The zero-order valence-electron chi connectivity index (χ0n) is 22.8. The molecule has 0 N–H and O–H groups in total. The molecule has 1 heterocycles. The first-order chi connectivity index (χ1) is 20.5. The second-order valence-electron chi connectivity index (χ2n) is 9.96. The van der Waals surface area contributed by atoms with Gasteiger partial charge in [0.25, 0.3) is 0 Å². The van der Waals surface area contributed by atoms with Crippen LogP contribution in [0.5, 0.6) is 0 Å². The molecule has 0 bridgehead atoms. The molecule has 1 aliphatic rings. The number of aromatic nitrogens is 1. The summed E-state index contributed by atoms with van der Waals surface area (Å²) in [6.07, 6.45) is 3.09. The Morgan fingerprint density at radius 3 is 2.36 bits per heavy atom. The third-order valence-electron chi connectivity index (χ3n) is 7.09. The zero-order chi connectivity index (χ0) is 29.1. The first kappa shape index (κ1) is 27.8. The summed E-state index contributed by atoms with van der Waals surface area (Å²) in [4.78, 5) is 19.8. The highest BCUT2D eigenvalue weighted by Crippen LogP contribution is 2.45. The molecule has 4 nitrogen and oxygen atoms in total. The number of thioether (sulfide) groups is 1. The smallest absolute Gasteiger partial charge is 0.313 e. The number of carbonyl (C=O) groups excluding carboxylic acids is 1. The van der Waals surface area contributed by atoms with Crippen LogP contribution in [0.4, 0.5) is 4.39 Å². The Morgan fingerprint density at radius 2 is 1.64 bits per heavy atom. The van der Waals surface area contributed by atoms with Gasteiger partial charge in [-0.15, -0.1) is 0 Å². The number of oxime groups is 1. The predicted molar refractivity (Wildman–Crippen MR) is 169 cm³/mol. The van der Waals surface area contributed by atoms with Crippen molar-refractivity contribution in [3.63, 3.8) is 0 Å². The number of fused-ring (bicyclic) bond motifs is 1. The minimum atomic E-state index is -0.642. The number of halogens is 2. The molecule has 0 radical (unpaired) electrons. The highest BCUT2D eigenvalue weighted by molar-refractivity contribution is 8.08. The second-order valence-corrected chi connectivity index (χ2v) is 11.5. The zero-order valence-corrected chi connectivity index (χ0v) is 24.3. The molecule has 0 amide bonds. The van der Waals surface area contributed by atoms with E-state index in [0.717, 1.165) is 44.3 Å². The number of benzene rings is 4. The lowest BCUT2D eigenvalue weighted by atomic mass is 9.97. The number of aryl methyl sites for hydroxylation is 1. The van der Waals surface area contributed by atoms with E-state index in [1.165, 1.54) is 35.5 Å². The van der Waals surface area contributed by atoms with Crippen molar-refractivity contribution in [3.8, 4) is 16.9 Å². The van der Waals surface area contributed by atoms with Gasteiger partial charge < -0.3 is 9.40 Å². The fraction of sp³-hybridized carbons (Fsp3) is 0.0857. The lowest BCUT2D eigenvalue weighted by molar-refractivity contribution is 0.0519. The Hall–Kier alpha value is -4.39. The van der Waals surface area contributed by atoms with Crippen molar-refractivity contribution >= 4 is 40.5 Å². The maximum atomic E-state index is 13.3. The Kier molecular flexibility index (Phi) is 8.08. The average molecular weight is 593 g/mol. The second kappa shape index (κ2) is 12.2. The molecule has 208 valence electrons. The summed E-state index contributed by atoms with van der Waals surface area (Å²) in [5.74, 6) is -1.06. The Labute approximate surface area is 253 Å². The number of carbonyl (C=O) groups is 1. The summed E-state index contributed by atoms with van der Waals surface area (Å²) < 4.78 is 15.6. The molecule has 6 rings (SSSR count). The van der Waals surface area contributed by atoms with Crippen LogP contribution in [0.2, 0.25) is 5.02 Å². The van der Waals surface area contributed by atoms with Crippen LogP contribution < -0.4 is 0 Å². The van der Waals surface area contributed by atoms with E-state index in [1.807, 2.05) is 42.5 Å². The molecule has 0 atom stereocenters. The van der Waals surface area contributed by atoms with Gasteiger partial charge in [0.15, 0.2) is 0 Å². The molecule has 4 aromatic carbocycles. The van der Waals surface area contributed by atoms with Crippen LogP contribution in [0.1, 0.15) is 33.6 Å². The highest BCUT2D eigenvalue weighted by Gasteiger charge is 2.26. The van der Waals surface area contributed by atoms with Gasteiger partial charge in [0, 0.05) is 31.8 Å². The van der Waals surface area contributed by atoms with Gasteiger partial charge in [-0.2, -0.15) is 0 Å². The summed E-state index contributed by atoms with van der Waals surface area (Å²) in [5, 5.41) is 4.75. The Morgan fingerprint density at radius 1 is 0.929 bits per heavy atom. The van der Waals surface area contributed by atoms with Crippen molar-refractivity contribution < 1.29 is 14.0 Å². The van der Waals surface area contributed by atoms with E-state index in [-0.39, 0.29) is 5.56 Å². The summed E-state index contributed by atoms with van der Waals surface area (Å²) in [5.41, 5.74) is 7.88. The number of rotatable bonds is 7. The fourth-order valence-electron chi connectivity index (χ4n) is 4.98. The summed E-state index contributed by atoms with van der Waals surface area (Å²) >= 11 is 7.91. The molecule has 0 saturated heterocycles. The summed E-state index contributed by atoms with van der Waals surface area (Å²) in [6.45, 7) is 2.07. The van der Waals surface area contributed by atoms with E-state index in [0.29, 0.717) is 11.4 Å². The third kappa shape index (κ3) is 5.96. The molecular weight excluding hydrogens is 567 g/mol. The van der Waals surface area contributed by atoms with Gasteiger partial charge in [-0.25, -0.2) is 9.18 Å². The minimum absolute atomic E-state index is 0.232. The summed E-state index contributed by atoms with van der Waals surface area (Å²) in [7, 11) is 0. The van der Waals surface area contributed by atoms with Gasteiger partial charge in [-0.3, -0.25) is 0 Å². The predicted octanol–water partition coefficient (Wildman–Crippen LogP) is 9.54. The molecule has 0 unspecified atom stereocenters. The van der Waals surface area contributed by atoms with E-state index < -0.39 is 11.8 Å². The average Bonchev–Trinajstić information content (AvgIpc) is 3.40. The van der Waals surface area contributed by atoms with E-state index in [2.05, 4.69) is 59.1 Å². The van der Waals surface area contributed by atoms with Crippen molar-refractivity contribution in [1.82, 2.24) is 4.57 Å². The van der Waals surface area contributed by atoms with Crippen LogP contribution in [0.3, 0.4) is 0 Å². The topological polar surface area (TPSA) is 43.6 Å².